The van der Waals surface area contributed by atoms with Gasteiger partial charge in [-0.25, -0.2) is 0 Å². The Bertz CT molecular complexity index is 165. The van der Waals surface area contributed by atoms with E-state index in [9.17, 15) is 31.1 Å². The summed E-state index contributed by atoms with van der Waals surface area (Å²) in [7, 11) is 0. The molecule has 72 valence electrons. The van der Waals surface area contributed by atoms with Crippen LogP contribution in [0.15, 0.2) is 0 Å². The van der Waals surface area contributed by atoms with Gasteiger partial charge in [-0.3, -0.25) is 4.79 Å². The van der Waals surface area contributed by atoms with Crippen molar-refractivity contribution in [3.8, 4) is 0 Å². The van der Waals surface area contributed by atoms with Crippen LogP contribution < -0.4 is 0 Å². The summed E-state index contributed by atoms with van der Waals surface area (Å²) in [5.41, 5.74) is 0. The van der Waals surface area contributed by atoms with Crippen molar-refractivity contribution in [3.05, 3.63) is 0 Å². The number of halogens is 6. The highest BCUT2D eigenvalue weighted by atomic mass is 19.4. The predicted octanol–water partition coefficient (Wildman–Crippen LogP) is 1.81. The highest BCUT2D eigenvalue weighted by Gasteiger charge is 2.61. The molecule has 0 rings (SSSR count). The number of carboxylic acid groups (broad SMARTS) is 1. The molecule has 0 heterocycles. The van der Waals surface area contributed by atoms with Crippen LogP contribution in [0.1, 0.15) is 0 Å². The minimum atomic E-state index is -5.80. The number of aliphatic carboxylic acids is 1. The third-order valence-corrected chi connectivity index (χ3v) is 0.902. The van der Waals surface area contributed by atoms with E-state index in [4.69, 9.17) is 5.11 Å². The molecule has 0 aromatic heterocycles. The standard InChI is InChI=1S/C4H2F6O2/c5-3(6,7)1(2(11)12)4(8,9)10/h1H,(H,11,12). The molecule has 0 fully saturated rings. The molecule has 0 saturated carbocycles. The molecule has 0 aliphatic heterocycles. The molecule has 0 radical (unpaired) electrons. The summed E-state index contributed by atoms with van der Waals surface area (Å²) >= 11 is 0. The van der Waals surface area contributed by atoms with Gasteiger partial charge in [0.05, 0.1) is 0 Å². The molecular formula is C4H2F6O2. The topological polar surface area (TPSA) is 37.3 Å². The summed E-state index contributed by atoms with van der Waals surface area (Å²) < 4.78 is 68.2. The normalized spacial score (nSPS) is 13.6. The highest BCUT2D eigenvalue weighted by molar-refractivity contribution is 5.71. The van der Waals surface area contributed by atoms with Crippen LogP contribution in [-0.4, -0.2) is 23.4 Å². The first-order chi connectivity index (χ1) is 5.07. The fraction of sp³-hybridized carbons (Fsp3) is 0.750. The quantitative estimate of drug-likeness (QED) is 0.649. The largest absolute Gasteiger partial charge is 0.481 e. The monoisotopic (exact) mass is 196 g/mol. The molecule has 0 aliphatic carbocycles. The molecule has 8 heteroatoms. The van der Waals surface area contributed by atoms with Gasteiger partial charge in [-0.2, -0.15) is 26.3 Å². The molecule has 0 atom stereocenters. The van der Waals surface area contributed by atoms with Crippen molar-refractivity contribution in [3.63, 3.8) is 0 Å². The van der Waals surface area contributed by atoms with Gasteiger partial charge in [0.25, 0.3) is 0 Å². The zero-order chi connectivity index (χ0) is 10.2. The first kappa shape index (κ1) is 11.0. The second kappa shape index (κ2) is 2.83. The summed E-state index contributed by atoms with van der Waals surface area (Å²) in [6.45, 7) is 0. The molecule has 0 aromatic rings. The minimum Gasteiger partial charge on any atom is -0.481 e. The molecule has 1 N–H and O–H groups in total. The first-order valence-electron chi connectivity index (χ1n) is 2.43. The van der Waals surface area contributed by atoms with Crippen LogP contribution in [0.4, 0.5) is 26.3 Å². The van der Waals surface area contributed by atoms with Gasteiger partial charge in [0.2, 0.25) is 5.92 Å². The smallest absolute Gasteiger partial charge is 0.411 e. The second-order valence-corrected chi connectivity index (χ2v) is 1.85. The van der Waals surface area contributed by atoms with E-state index < -0.39 is 24.2 Å². The van der Waals surface area contributed by atoms with Crippen molar-refractivity contribution in [2.75, 3.05) is 0 Å². The van der Waals surface area contributed by atoms with Crippen molar-refractivity contribution in [1.29, 1.82) is 0 Å². The maximum Gasteiger partial charge on any atom is 0.411 e. The maximum absolute atomic E-state index is 11.4. The molecule has 0 amide bonds. The van der Waals surface area contributed by atoms with Crippen molar-refractivity contribution < 1.29 is 36.2 Å². The van der Waals surface area contributed by atoms with Crippen LogP contribution in [0.3, 0.4) is 0 Å². The molecule has 2 nitrogen and oxygen atoms in total. The van der Waals surface area contributed by atoms with E-state index >= 15 is 0 Å². The molecule has 0 spiro atoms. The Labute approximate surface area is 61.8 Å². The highest BCUT2D eigenvalue weighted by Crippen LogP contribution is 2.39. The second-order valence-electron chi connectivity index (χ2n) is 1.85. The Kier molecular flexibility index (Phi) is 2.61. The average molecular weight is 196 g/mol. The van der Waals surface area contributed by atoms with Crippen LogP contribution in [0.5, 0.6) is 0 Å². The van der Waals surface area contributed by atoms with Gasteiger partial charge in [-0.1, -0.05) is 0 Å². The van der Waals surface area contributed by atoms with E-state index in [0.717, 1.165) is 0 Å². The molecule has 0 unspecified atom stereocenters. The van der Waals surface area contributed by atoms with Gasteiger partial charge in [-0.05, 0) is 0 Å². The van der Waals surface area contributed by atoms with E-state index in [1.54, 1.807) is 0 Å². The number of carboxylic acids is 1. The number of alkyl halides is 6. The number of carbonyl (C=O) groups is 1. The van der Waals surface area contributed by atoms with Gasteiger partial charge in [0.15, 0.2) is 0 Å². The number of hydrogen-bond donors (Lipinski definition) is 1. The van der Waals surface area contributed by atoms with Crippen LogP contribution in [-0.2, 0) is 4.79 Å². The lowest BCUT2D eigenvalue weighted by Crippen LogP contribution is -2.42. The fourth-order valence-corrected chi connectivity index (χ4v) is 0.466. The summed E-state index contributed by atoms with van der Waals surface area (Å²) in [5.74, 6) is -7.25. The minimum absolute atomic E-state index is 2.95. The molecule has 0 bridgehead atoms. The first-order valence-corrected chi connectivity index (χ1v) is 2.43. The van der Waals surface area contributed by atoms with E-state index in [1.807, 2.05) is 0 Å². The Morgan fingerprint density at radius 2 is 1.25 bits per heavy atom. The van der Waals surface area contributed by atoms with Crippen LogP contribution in [0, 0.1) is 5.92 Å². The molecule has 0 aliphatic rings. The summed E-state index contributed by atoms with van der Waals surface area (Å²) in [5, 5.41) is 7.60. The lowest BCUT2D eigenvalue weighted by Gasteiger charge is -2.18. The van der Waals surface area contributed by atoms with Crippen molar-refractivity contribution in [1.82, 2.24) is 0 Å². The van der Waals surface area contributed by atoms with E-state index in [1.165, 1.54) is 0 Å². The molecule has 0 saturated heterocycles. The van der Waals surface area contributed by atoms with E-state index in [0.29, 0.717) is 0 Å². The maximum atomic E-state index is 11.4. The predicted molar refractivity (Wildman–Crippen MR) is 23.2 cm³/mol. The average Bonchev–Trinajstić information content (AvgIpc) is 1.49. The molecule has 12 heavy (non-hydrogen) atoms. The Balaban J connectivity index is 4.82. The number of rotatable bonds is 1. The Morgan fingerprint density at radius 3 is 1.25 bits per heavy atom. The fourth-order valence-electron chi connectivity index (χ4n) is 0.466. The van der Waals surface area contributed by atoms with Crippen molar-refractivity contribution in [2.24, 2.45) is 5.92 Å². The van der Waals surface area contributed by atoms with Crippen LogP contribution >= 0.6 is 0 Å². The zero-order valence-corrected chi connectivity index (χ0v) is 5.20. The van der Waals surface area contributed by atoms with Gasteiger partial charge >= 0.3 is 18.3 Å². The van der Waals surface area contributed by atoms with Crippen molar-refractivity contribution >= 4 is 5.97 Å². The van der Waals surface area contributed by atoms with Crippen LogP contribution in [0.2, 0.25) is 0 Å². The third-order valence-electron chi connectivity index (χ3n) is 0.902. The Hall–Kier alpha value is -0.950. The molecule has 0 aromatic carbocycles. The van der Waals surface area contributed by atoms with E-state index in [-0.39, 0.29) is 0 Å². The summed E-state index contributed by atoms with van der Waals surface area (Å²) in [4.78, 5) is 9.55. The zero-order valence-electron chi connectivity index (χ0n) is 5.20. The van der Waals surface area contributed by atoms with Gasteiger partial charge in [0.1, 0.15) is 0 Å². The van der Waals surface area contributed by atoms with Crippen molar-refractivity contribution in [2.45, 2.75) is 12.4 Å². The molecular weight excluding hydrogens is 194 g/mol. The summed E-state index contributed by atoms with van der Waals surface area (Å²) in [6, 6.07) is 0. The Morgan fingerprint density at radius 1 is 1.00 bits per heavy atom. The SMILES string of the molecule is O=C(O)C(C(F)(F)F)C(F)(F)F. The van der Waals surface area contributed by atoms with Gasteiger partial charge in [-0.15, -0.1) is 0 Å². The lowest BCUT2D eigenvalue weighted by atomic mass is 10.1. The third kappa shape index (κ3) is 2.59. The lowest BCUT2D eigenvalue weighted by molar-refractivity contribution is -0.280. The van der Waals surface area contributed by atoms with E-state index in [2.05, 4.69) is 0 Å². The van der Waals surface area contributed by atoms with Gasteiger partial charge < -0.3 is 5.11 Å². The van der Waals surface area contributed by atoms with Crippen LogP contribution in [0.25, 0.3) is 0 Å². The number of hydrogen-bond acceptors (Lipinski definition) is 1. The van der Waals surface area contributed by atoms with Gasteiger partial charge in [0, 0.05) is 0 Å². The summed E-state index contributed by atoms with van der Waals surface area (Å²) in [6.07, 6.45) is -11.6.